The van der Waals surface area contributed by atoms with Crippen LogP contribution in [0.25, 0.3) is 0 Å². The zero-order valence-corrected chi connectivity index (χ0v) is 10.7. The number of aryl methyl sites for hydroxylation is 1. The predicted octanol–water partition coefficient (Wildman–Crippen LogP) is 1.81. The molecule has 1 amide bonds. The lowest BCUT2D eigenvalue weighted by Gasteiger charge is -2.05. The van der Waals surface area contributed by atoms with Gasteiger partial charge in [0.25, 0.3) is 0 Å². The number of nitrogens with one attached hydrogen (secondary N) is 1. The predicted molar refractivity (Wildman–Crippen MR) is 70.3 cm³/mol. The molecule has 0 bridgehead atoms. The normalized spacial score (nSPS) is 10.1. The lowest BCUT2D eigenvalue weighted by Crippen LogP contribution is -2.17. The first kappa shape index (κ1) is 13.2. The smallest absolute Gasteiger partial charge is 0.358 e. The molecule has 2 heterocycles. The number of hydrogen-bond donors (Lipinski definition) is 2. The van der Waals surface area contributed by atoms with Gasteiger partial charge in [0.1, 0.15) is 0 Å². The Balaban J connectivity index is 1.97. The minimum atomic E-state index is -1.22. The Bertz CT molecular complexity index is 584. The number of carboxylic acid groups (broad SMARTS) is 1. The van der Waals surface area contributed by atoms with Gasteiger partial charge in [0.15, 0.2) is 11.5 Å². The molecule has 0 saturated carbocycles. The van der Waals surface area contributed by atoms with Crippen LogP contribution in [-0.2, 0) is 11.2 Å². The molecule has 2 aromatic rings. The van der Waals surface area contributed by atoms with E-state index in [-0.39, 0.29) is 23.8 Å². The van der Waals surface area contributed by atoms with Crippen LogP contribution in [0, 0.1) is 0 Å². The molecular formula is C12H11N3O3S. The van der Waals surface area contributed by atoms with Crippen molar-refractivity contribution < 1.29 is 14.7 Å². The van der Waals surface area contributed by atoms with Gasteiger partial charge in [0.05, 0.1) is 0 Å². The largest absolute Gasteiger partial charge is 0.476 e. The Kier molecular flexibility index (Phi) is 4.19. The van der Waals surface area contributed by atoms with Crippen LogP contribution in [0.2, 0.25) is 0 Å². The van der Waals surface area contributed by atoms with E-state index in [1.54, 1.807) is 11.3 Å². The second-order valence-corrected chi connectivity index (χ2v) is 4.72. The molecule has 0 spiro atoms. The third-order valence-electron chi connectivity index (χ3n) is 2.34. The molecule has 7 heteroatoms. The summed E-state index contributed by atoms with van der Waals surface area (Å²) in [6.45, 7) is 0. The number of carboxylic acids is 1. The number of thiophene rings is 1. The van der Waals surface area contributed by atoms with E-state index in [0.29, 0.717) is 6.42 Å². The number of hydrogen-bond acceptors (Lipinski definition) is 5. The van der Waals surface area contributed by atoms with Gasteiger partial charge in [-0.15, -0.1) is 11.3 Å². The fourth-order valence-corrected chi connectivity index (χ4v) is 2.18. The Labute approximate surface area is 113 Å². The van der Waals surface area contributed by atoms with E-state index in [1.807, 2.05) is 17.5 Å². The topological polar surface area (TPSA) is 92.2 Å². The van der Waals surface area contributed by atoms with Crippen LogP contribution in [0.5, 0.6) is 0 Å². The molecule has 0 unspecified atom stereocenters. The molecule has 2 N–H and O–H groups in total. The number of rotatable bonds is 5. The summed E-state index contributed by atoms with van der Waals surface area (Å²) in [5, 5.41) is 13.3. The van der Waals surface area contributed by atoms with Gasteiger partial charge in [-0.2, -0.15) is 0 Å². The number of nitrogens with zero attached hydrogens (tertiary/aromatic N) is 2. The maximum absolute atomic E-state index is 11.7. The summed E-state index contributed by atoms with van der Waals surface area (Å²) in [4.78, 5) is 31.2. The first-order valence-corrected chi connectivity index (χ1v) is 6.41. The zero-order valence-electron chi connectivity index (χ0n) is 9.87. The number of aromatic carboxylic acids is 1. The summed E-state index contributed by atoms with van der Waals surface area (Å²) in [5.74, 6) is -1.52. The van der Waals surface area contributed by atoms with Gasteiger partial charge in [-0.25, -0.2) is 14.8 Å². The average Bonchev–Trinajstić information content (AvgIpc) is 2.90. The monoisotopic (exact) mass is 277 g/mol. The van der Waals surface area contributed by atoms with E-state index in [0.717, 1.165) is 4.88 Å². The molecule has 98 valence electrons. The number of carbonyl (C=O) groups is 2. The second-order valence-electron chi connectivity index (χ2n) is 3.69. The summed E-state index contributed by atoms with van der Waals surface area (Å²) in [6, 6.07) is 3.87. The van der Waals surface area contributed by atoms with Crippen LogP contribution in [0.1, 0.15) is 21.8 Å². The van der Waals surface area contributed by atoms with Gasteiger partial charge in [0, 0.05) is 23.7 Å². The molecule has 6 nitrogen and oxygen atoms in total. The molecule has 0 aliphatic rings. The molecule has 0 saturated heterocycles. The van der Waals surface area contributed by atoms with Crippen molar-refractivity contribution in [2.45, 2.75) is 12.8 Å². The lowest BCUT2D eigenvalue weighted by atomic mass is 10.2. The standard InChI is InChI=1S/C12H11N3O3S/c16-9(4-3-8-2-1-7-19-8)15-11-10(12(17)18)13-5-6-14-11/h1-2,5-7H,3-4H2,(H,17,18)(H,14,15,16). The summed E-state index contributed by atoms with van der Waals surface area (Å²) in [6.07, 6.45) is 3.49. The highest BCUT2D eigenvalue weighted by atomic mass is 32.1. The lowest BCUT2D eigenvalue weighted by molar-refractivity contribution is -0.116. The van der Waals surface area contributed by atoms with Crippen molar-refractivity contribution in [3.05, 3.63) is 40.5 Å². The molecule has 19 heavy (non-hydrogen) atoms. The molecule has 0 aromatic carbocycles. The van der Waals surface area contributed by atoms with Crippen molar-refractivity contribution in [2.75, 3.05) is 5.32 Å². The van der Waals surface area contributed by atoms with Crippen molar-refractivity contribution in [3.63, 3.8) is 0 Å². The zero-order chi connectivity index (χ0) is 13.7. The summed E-state index contributed by atoms with van der Waals surface area (Å²) >= 11 is 1.58. The van der Waals surface area contributed by atoms with Crippen LogP contribution in [0.3, 0.4) is 0 Å². The number of amides is 1. The maximum atomic E-state index is 11.7. The van der Waals surface area contributed by atoms with E-state index in [4.69, 9.17) is 5.11 Å². The molecule has 0 radical (unpaired) electrons. The van der Waals surface area contributed by atoms with E-state index in [2.05, 4.69) is 15.3 Å². The SMILES string of the molecule is O=C(CCc1cccs1)Nc1nccnc1C(=O)O. The van der Waals surface area contributed by atoms with Crippen LogP contribution >= 0.6 is 11.3 Å². The maximum Gasteiger partial charge on any atom is 0.358 e. The van der Waals surface area contributed by atoms with Crippen molar-refractivity contribution >= 4 is 29.0 Å². The highest BCUT2D eigenvalue weighted by molar-refractivity contribution is 7.09. The summed E-state index contributed by atoms with van der Waals surface area (Å²) < 4.78 is 0. The molecule has 0 aliphatic carbocycles. The third kappa shape index (κ3) is 3.59. The Morgan fingerprint density at radius 2 is 2.11 bits per heavy atom. The van der Waals surface area contributed by atoms with Crippen molar-refractivity contribution in [2.24, 2.45) is 0 Å². The molecule has 0 atom stereocenters. The van der Waals surface area contributed by atoms with Crippen LogP contribution in [-0.4, -0.2) is 27.0 Å². The van der Waals surface area contributed by atoms with Crippen molar-refractivity contribution in [3.8, 4) is 0 Å². The number of anilines is 1. The fourth-order valence-electron chi connectivity index (χ4n) is 1.47. The van der Waals surface area contributed by atoms with Gasteiger partial charge >= 0.3 is 5.97 Å². The first-order chi connectivity index (χ1) is 9.16. The number of aromatic nitrogens is 2. The minimum Gasteiger partial charge on any atom is -0.476 e. The molecular weight excluding hydrogens is 266 g/mol. The fraction of sp³-hybridized carbons (Fsp3) is 0.167. The van der Waals surface area contributed by atoms with Gasteiger partial charge in [-0.1, -0.05) is 6.07 Å². The molecule has 0 aliphatic heterocycles. The van der Waals surface area contributed by atoms with Gasteiger partial charge < -0.3 is 10.4 Å². The Morgan fingerprint density at radius 1 is 1.32 bits per heavy atom. The second kappa shape index (κ2) is 6.05. The molecule has 2 aromatic heterocycles. The Morgan fingerprint density at radius 3 is 2.79 bits per heavy atom. The number of carbonyl (C=O) groups excluding carboxylic acids is 1. The van der Waals surface area contributed by atoms with Gasteiger partial charge in [-0.05, 0) is 17.9 Å². The van der Waals surface area contributed by atoms with E-state index >= 15 is 0 Å². The highest BCUT2D eigenvalue weighted by Crippen LogP contribution is 2.12. The van der Waals surface area contributed by atoms with E-state index in [9.17, 15) is 9.59 Å². The van der Waals surface area contributed by atoms with E-state index < -0.39 is 5.97 Å². The summed E-state index contributed by atoms with van der Waals surface area (Å²) in [5.41, 5.74) is -0.257. The highest BCUT2D eigenvalue weighted by Gasteiger charge is 2.14. The van der Waals surface area contributed by atoms with Crippen molar-refractivity contribution in [1.29, 1.82) is 0 Å². The average molecular weight is 277 g/mol. The summed E-state index contributed by atoms with van der Waals surface area (Å²) in [7, 11) is 0. The van der Waals surface area contributed by atoms with Crippen LogP contribution < -0.4 is 5.32 Å². The van der Waals surface area contributed by atoms with Crippen LogP contribution in [0.15, 0.2) is 29.9 Å². The quantitative estimate of drug-likeness (QED) is 0.869. The first-order valence-electron chi connectivity index (χ1n) is 5.53. The van der Waals surface area contributed by atoms with Gasteiger partial charge in [-0.3, -0.25) is 4.79 Å². The minimum absolute atomic E-state index is 0.0221. The molecule has 2 rings (SSSR count). The van der Waals surface area contributed by atoms with Gasteiger partial charge in [0.2, 0.25) is 5.91 Å². The molecule has 0 fully saturated rings. The van der Waals surface area contributed by atoms with E-state index in [1.165, 1.54) is 12.4 Å². The van der Waals surface area contributed by atoms with Crippen molar-refractivity contribution in [1.82, 2.24) is 9.97 Å². The van der Waals surface area contributed by atoms with Crippen LogP contribution in [0.4, 0.5) is 5.82 Å². The third-order valence-corrected chi connectivity index (χ3v) is 3.27. The Hall–Kier alpha value is -2.28.